The second-order valence-electron chi connectivity index (χ2n) is 8.10. The third-order valence-corrected chi connectivity index (χ3v) is 8.08. The maximum absolute atomic E-state index is 13.1. The van der Waals surface area contributed by atoms with E-state index in [9.17, 15) is 4.79 Å². The van der Waals surface area contributed by atoms with Crippen molar-refractivity contribution in [3.05, 3.63) is 39.9 Å². The van der Waals surface area contributed by atoms with Crippen LogP contribution in [0.1, 0.15) is 44.6 Å². The number of anilines is 1. The molecule has 0 aromatic carbocycles. The van der Waals surface area contributed by atoms with Crippen molar-refractivity contribution >= 4 is 33.8 Å². The van der Waals surface area contributed by atoms with Crippen LogP contribution in [0.2, 0.25) is 0 Å². The molecule has 2 unspecified atom stereocenters. The van der Waals surface area contributed by atoms with Gasteiger partial charge in [0.2, 0.25) is 0 Å². The third-order valence-electron chi connectivity index (χ3n) is 6.46. The number of thiophene rings is 2. The average Bonchev–Trinajstić information content (AvgIpc) is 3.36. The van der Waals surface area contributed by atoms with E-state index in [1.807, 2.05) is 17.5 Å². The van der Waals surface area contributed by atoms with Crippen LogP contribution in [-0.4, -0.2) is 42.4 Å². The number of halogens is 1. The second-order valence-corrected chi connectivity index (χ2v) is 9.81. The van der Waals surface area contributed by atoms with Gasteiger partial charge in [-0.05, 0) is 46.3 Å². The number of rotatable bonds is 6. The van der Waals surface area contributed by atoms with Gasteiger partial charge in [-0.3, -0.25) is 4.90 Å². The molecule has 2 aliphatic heterocycles. The van der Waals surface area contributed by atoms with E-state index in [0.717, 1.165) is 23.4 Å². The quantitative estimate of drug-likeness (QED) is 0.423. The summed E-state index contributed by atoms with van der Waals surface area (Å²) in [5.41, 5.74) is 1.15. The number of hydrogen-bond donors (Lipinski definition) is 0. The van der Waals surface area contributed by atoms with Gasteiger partial charge < -0.3 is 33.2 Å². The number of nitrogens with zero attached hydrogens (tertiary/aromatic N) is 2. The molecule has 2 saturated heterocycles. The van der Waals surface area contributed by atoms with Crippen molar-refractivity contribution in [3.8, 4) is 0 Å². The fourth-order valence-electron chi connectivity index (χ4n) is 5.06. The summed E-state index contributed by atoms with van der Waals surface area (Å²) < 4.78 is 7.25. The lowest BCUT2D eigenvalue weighted by Crippen LogP contribution is -3.00. The minimum absolute atomic E-state index is 0. The predicted molar refractivity (Wildman–Crippen MR) is 112 cm³/mol. The molecule has 0 aliphatic carbocycles. The highest BCUT2D eigenvalue weighted by atomic mass is 127. The van der Waals surface area contributed by atoms with Crippen LogP contribution in [0.15, 0.2) is 34.3 Å². The number of quaternary nitrogens is 1. The predicted octanol–water partition coefficient (Wildman–Crippen LogP) is 2.51. The first kappa shape index (κ1) is 22.1. The van der Waals surface area contributed by atoms with Crippen molar-refractivity contribution < 1.29 is 38.0 Å². The zero-order chi connectivity index (χ0) is 18.9. The summed E-state index contributed by atoms with van der Waals surface area (Å²) >= 11 is 3.25. The SMILES string of the molecule is CCC[N+]1(C)[C@@H]2CC[C@H]1CC(OC(=O)N(Cc1ccsc1)c1cccs1)C2.[I-]. The Balaban J connectivity index is 0.00000225. The molecule has 1 amide bonds. The van der Waals surface area contributed by atoms with E-state index in [0.29, 0.717) is 18.6 Å². The molecule has 2 fully saturated rings. The lowest BCUT2D eigenvalue weighted by Gasteiger charge is -2.46. The molecule has 4 atom stereocenters. The largest absolute Gasteiger partial charge is 1.00 e. The van der Waals surface area contributed by atoms with E-state index < -0.39 is 0 Å². The minimum Gasteiger partial charge on any atom is -1.00 e. The summed E-state index contributed by atoms with van der Waals surface area (Å²) in [6, 6.07) is 7.36. The Hall–Kier alpha value is -0.640. The topological polar surface area (TPSA) is 29.5 Å². The van der Waals surface area contributed by atoms with Crippen molar-refractivity contribution in [2.24, 2.45) is 0 Å². The van der Waals surface area contributed by atoms with Crippen LogP contribution in [0, 0.1) is 0 Å². The Morgan fingerprint density at radius 2 is 2.00 bits per heavy atom. The van der Waals surface area contributed by atoms with Crippen molar-refractivity contribution in [2.45, 2.75) is 63.8 Å². The van der Waals surface area contributed by atoms with E-state index >= 15 is 0 Å². The van der Waals surface area contributed by atoms with Crippen LogP contribution in [0.25, 0.3) is 0 Å². The molecule has 0 spiro atoms. The second kappa shape index (κ2) is 9.45. The molecule has 2 aromatic heterocycles. The van der Waals surface area contributed by atoms with Gasteiger partial charge in [-0.15, -0.1) is 11.3 Å². The monoisotopic (exact) mass is 532 g/mol. The van der Waals surface area contributed by atoms with Crippen molar-refractivity contribution in [3.63, 3.8) is 0 Å². The highest BCUT2D eigenvalue weighted by Gasteiger charge is 2.52. The number of piperidine rings is 1. The van der Waals surface area contributed by atoms with E-state index in [2.05, 4.69) is 30.8 Å². The molecule has 4 nitrogen and oxygen atoms in total. The van der Waals surface area contributed by atoms with Gasteiger partial charge in [0.05, 0.1) is 32.2 Å². The van der Waals surface area contributed by atoms with Crippen molar-refractivity contribution in [2.75, 3.05) is 18.5 Å². The normalized spacial score (nSPS) is 28.6. The Kier molecular flexibility index (Phi) is 7.44. The summed E-state index contributed by atoms with van der Waals surface area (Å²) in [6.07, 6.45) is 5.66. The summed E-state index contributed by atoms with van der Waals surface area (Å²) in [6.45, 7) is 4.10. The molecule has 0 saturated carbocycles. The maximum Gasteiger partial charge on any atom is 0.415 e. The zero-order valence-corrected chi connectivity index (χ0v) is 20.3. The zero-order valence-electron chi connectivity index (χ0n) is 16.6. The van der Waals surface area contributed by atoms with Gasteiger partial charge in [-0.25, -0.2) is 4.79 Å². The van der Waals surface area contributed by atoms with Crippen LogP contribution in [-0.2, 0) is 11.3 Å². The van der Waals surface area contributed by atoms with E-state index in [1.165, 1.54) is 30.3 Å². The number of ether oxygens (including phenoxy) is 1. The fourth-order valence-corrected chi connectivity index (χ4v) is 6.44. The van der Waals surface area contributed by atoms with Crippen molar-refractivity contribution in [1.29, 1.82) is 0 Å². The Morgan fingerprint density at radius 1 is 1.25 bits per heavy atom. The molecule has 154 valence electrons. The van der Waals surface area contributed by atoms with Gasteiger partial charge in [0.1, 0.15) is 11.1 Å². The summed E-state index contributed by atoms with van der Waals surface area (Å²) in [7, 11) is 2.42. The first-order valence-electron chi connectivity index (χ1n) is 9.97. The molecular formula is C21H29IN2O2S2. The third kappa shape index (κ3) is 4.42. The van der Waals surface area contributed by atoms with Crippen LogP contribution in [0.5, 0.6) is 0 Å². The van der Waals surface area contributed by atoms with Gasteiger partial charge in [0.25, 0.3) is 0 Å². The molecule has 0 N–H and O–H groups in total. The summed E-state index contributed by atoms with van der Waals surface area (Å²) in [4.78, 5) is 14.9. The minimum atomic E-state index is -0.195. The smallest absolute Gasteiger partial charge is 0.415 e. The van der Waals surface area contributed by atoms with Gasteiger partial charge in [-0.1, -0.05) is 6.92 Å². The molecule has 2 aliphatic rings. The lowest BCUT2D eigenvalue weighted by molar-refractivity contribution is -0.949. The Labute approximate surface area is 193 Å². The highest BCUT2D eigenvalue weighted by Crippen LogP contribution is 2.42. The van der Waals surface area contributed by atoms with Gasteiger partial charge in [0.15, 0.2) is 0 Å². The van der Waals surface area contributed by atoms with E-state index in [-0.39, 0.29) is 36.2 Å². The van der Waals surface area contributed by atoms with E-state index in [4.69, 9.17) is 4.74 Å². The van der Waals surface area contributed by atoms with Gasteiger partial charge in [0, 0.05) is 25.7 Å². The van der Waals surface area contributed by atoms with Gasteiger partial charge >= 0.3 is 6.09 Å². The molecule has 0 radical (unpaired) electrons. The van der Waals surface area contributed by atoms with Crippen LogP contribution in [0.4, 0.5) is 9.80 Å². The molecule has 4 rings (SSSR count). The molecule has 28 heavy (non-hydrogen) atoms. The molecular weight excluding hydrogens is 503 g/mol. The Morgan fingerprint density at radius 3 is 2.57 bits per heavy atom. The molecule has 7 heteroatoms. The summed E-state index contributed by atoms with van der Waals surface area (Å²) in [5, 5.41) is 7.12. The standard InChI is InChI=1S/C21H29N2O2S2.HI/c1-3-9-23(2)17-6-7-18(23)13-19(12-17)25-21(24)22(20-5-4-10-27-20)14-16-8-11-26-15-16;/h4-5,8,10-11,15,17-19H,3,6-7,9,12-14H2,1-2H3;1H/q+1;/p-1/t17-,18+,19?,23?;. The lowest BCUT2D eigenvalue weighted by atomic mass is 9.96. The van der Waals surface area contributed by atoms with E-state index in [1.54, 1.807) is 27.6 Å². The fraction of sp³-hybridized carbons (Fsp3) is 0.571. The number of carbonyl (C=O) groups is 1. The van der Waals surface area contributed by atoms with Crippen LogP contribution in [0.3, 0.4) is 0 Å². The highest BCUT2D eigenvalue weighted by molar-refractivity contribution is 7.14. The maximum atomic E-state index is 13.1. The van der Waals surface area contributed by atoms with Crippen molar-refractivity contribution in [1.82, 2.24) is 0 Å². The Bertz CT molecular complexity index is 737. The number of carbonyl (C=O) groups excluding carboxylic acids is 1. The average molecular weight is 533 g/mol. The number of fused-ring (bicyclic) bond motifs is 2. The van der Waals surface area contributed by atoms with Crippen LogP contribution < -0.4 is 28.9 Å². The first-order valence-corrected chi connectivity index (χ1v) is 11.8. The summed E-state index contributed by atoms with van der Waals surface area (Å²) in [5.74, 6) is 0. The molecule has 2 bridgehead atoms. The first-order chi connectivity index (χ1) is 13.1. The molecule has 4 heterocycles. The number of amides is 1. The molecule has 2 aromatic rings. The van der Waals surface area contributed by atoms with Gasteiger partial charge in [-0.2, -0.15) is 11.3 Å². The van der Waals surface area contributed by atoms with Crippen LogP contribution >= 0.6 is 22.7 Å². The number of hydrogen-bond acceptors (Lipinski definition) is 4.